The molecular formula is C38H35Cl2N3O8. The minimum absolute atomic E-state index is 0.00137. The Morgan fingerprint density at radius 2 is 1.57 bits per heavy atom. The van der Waals surface area contributed by atoms with Gasteiger partial charge < -0.3 is 24.9 Å². The van der Waals surface area contributed by atoms with E-state index in [0.29, 0.717) is 16.8 Å². The number of oxime groups is 1. The number of likely N-dealkylation sites (N-methyl/N-ethyl adjacent to an activating group) is 1. The van der Waals surface area contributed by atoms with E-state index in [1.807, 2.05) is 44.2 Å². The first-order valence-corrected chi connectivity index (χ1v) is 16.8. The van der Waals surface area contributed by atoms with E-state index in [1.54, 1.807) is 42.5 Å². The monoisotopic (exact) mass is 731 g/mol. The quantitative estimate of drug-likeness (QED) is 0.152. The van der Waals surface area contributed by atoms with Gasteiger partial charge in [0.05, 0.1) is 33.8 Å². The summed E-state index contributed by atoms with van der Waals surface area (Å²) in [4.78, 5) is 73.1. The highest BCUT2D eigenvalue weighted by atomic mass is 35.5. The second-order valence-corrected chi connectivity index (χ2v) is 13.3. The zero-order valence-corrected chi connectivity index (χ0v) is 29.5. The van der Waals surface area contributed by atoms with Gasteiger partial charge in [0.1, 0.15) is 6.04 Å². The van der Waals surface area contributed by atoms with Crippen LogP contribution in [0.4, 0.5) is 0 Å². The van der Waals surface area contributed by atoms with Gasteiger partial charge in [-0.05, 0) is 41.0 Å². The van der Waals surface area contributed by atoms with Crippen molar-refractivity contribution < 1.29 is 38.7 Å². The maximum atomic E-state index is 14.5. The summed E-state index contributed by atoms with van der Waals surface area (Å²) < 4.78 is 5.17. The van der Waals surface area contributed by atoms with Gasteiger partial charge in [-0.3, -0.25) is 19.2 Å². The lowest BCUT2D eigenvalue weighted by Crippen LogP contribution is -2.54. The third kappa shape index (κ3) is 8.05. The number of ether oxygens (including phenoxy) is 1. The van der Waals surface area contributed by atoms with Crippen molar-refractivity contribution in [2.75, 3.05) is 13.7 Å². The van der Waals surface area contributed by atoms with Crippen LogP contribution in [0.2, 0.25) is 10.0 Å². The van der Waals surface area contributed by atoms with Crippen LogP contribution in [0, 0.1) is 5.92 Å². The Balaban J connectivity index is 1.39. The predicted molar refractivity (Wildman–Crippen MR) is 192 cm³/mol. The fourth-order valence-electron chi connectivity index (χ4n) is 5.97. The molecule has 0 radical (unpaired) electrons. The summed E-state index contributed by atoms with van der Waals surface area (Å²) in [6.45, 7) is 2.92. The Morgan fingerprint density at radius 3 is 2.22 bits per heavy atom. The summed E-state index contributed by atoms with van der Waals surface area (Å²) in [7, 11) is 1.27. The van der Waals surface area contributed by atoms with Crippen LogP contribution in [-0.2, 0) is 29.6 Å². The van der Waals surface area contributed by atoms with Crippen LogP contribution in [0.1, 0.15) is 53.0 Å². The van der Waals surface area contributed by atoms with E-state index >= 15 is 0 Å². The highest BCUT2D eigenvalue weighted by molar-refractivity contribution is 6.39. The number of carbonyl (C=O) groups excluding carboxylic acids is 4. The number of nitrogens with zero attached hydrogens (tertiary/aromatic N) is 2. The number of aliphatic carboxylic acids is 1. The second-order valence-electron chi connectivity index (χ2n) is 12.5. The molecule has 13 heteroatoms. The lowest BCUT2D eigenvalue weighted by molar-refractivity contribution is -0.161. The molecule has 3 atom stereocenters. The lowest BCUT2D eigenvalue weighted by Gasteiger charge is -2.34. The van der Waals surface area contributed by atoms with Gasteiger partial charge in [-0.1, -0.05) is 109 Å². The van der Waals surface area contributed by atoms with Gasteiger partial charge in [-0.15, -0.1) is 0 Å². The van der Waals surface area contributed by atoms with Crippen molar-refractivity contribution in [3.8, 4) is 0 Å². The van der Waals surface area contributed by atoms with Gasteiger partial charge in [0.2, 0.25) is 5.60 Å². The largest absolute Gasteiger partial charge is 0.481 e. The Labute approximate surface area is 304 Å². The van der Waals surface area contributed by atoms with Gasteiger partial charge in [-0.25, -0.2) is 4.79 Å². The van der Waals surface area contributed by atoms with Crippen molar-refractivity contribution in [3.05, 3.63) is 118 Å². The molecule has 264 valence electrons. The van der Waals surface area contributed by atoms with Crippen LogP contribution in [0.15, 0.2) is 96.2 Å². The van der Waals surface area contributed by atoms with Crippen LogP contribution in [0.3, 0.4) is 0 Å². The van der Waals surface area contributed by atoms with Crippen LogP contribution in [0.25, 0.3) is 10.8 Å². The first kappa shape index (κ1) is 37.0. The number of hydrogen-bond acceptors (Lipinski definition) is 8. The van der Waals surface area contributed by atoms with Crippen molar-refractivity contribution in [1.29, 1.82) is 0 Å². The number of esters is 1. The fraction of sp³-hybridized carbons (Fsp3) is 0.263. The van der Waals surface area contributed by atoms with E-state index in [-0.39, 0.29) is 33.9 Å². The molecule has 0 aromatic heterocycles. The number of carboxylic acids is 1. The molecule has 0 saturated carbocycles. The molecule has 51 heavy (non-hydrogen) atoms. The first-order chi connectivity index (χ1) is 24.3. The van der Waals surface area contributed by atoms with E-state index in [2.05, 4.69) is 10.5 Å². The van der Waals surface area contributed by atoms with Gasteiger partial charge in [0.25, 0.3) is 11.8 Å². The molecule has 1 aliphatic rings. The van der Waals surface area contributed by atoms with Crippen LogP contribution < -0.4 is 5.32 Å². The summed E-state index contributed by atoms with van der Waals surface area (Å²) in [6.07, 6.45) is -0.907. The van der Waals surface area contributed by atoms with E-state index in [0.717, 1.165) is 15.7 Å². The number of carboxylic acid groups (broad SMARTS) is 1. The minimum atomic E-state index is -1.81. The molecule has 0 saturated heterocycles. The molecular weight excluding hydrogens is 697 g/mol. The Kier molecular flexibility index (Phi) is 11.4. The average Bonchev–Trinajstić information content (AvgIpc) is 3.57. The lowest BCUT2D eigenvalue weighted by atomic mass is 9.83. The van der Waals surface area contributed by atoms with Gasteiger partial charge in [-0.2, -0.15) is 0 Å². The van der Waals surface area contributed by atoms with Crippen LogP contribution in [0.5, 0.6) is 0 Å². The number of ketones is 1. The number of benzene rings is 4. The number of Topliss-reactive ketones (excluding diaryl/α,β-unsaturated/α-hetero) is 1. The minimum Gasteiger partial charge on any atom is -0.481 e. The molecule has 11 nitrogen and oxygen atoms in total. The standard InChI is InChI=1S/C38H35Cl2N3O8/c1-22(2)34(41-35(47)25-17-16-23-10-7-8-11-24(23)18-25)29-20-38(51-42-29,26-12-5-4-6-13-26)37(49)43(3)30(19-32(45)46)31(44)21-50-36(48)33-27(39)14-9-15-28(33)40/h4-18,22,30,34H,19-21H2,1-3H3,(H,41,47)(H,45,46)/t30-,34-,38?/m0/s1. The van der Waals surface area contributed by atoms with Gasteiger partial charge >= 0.3 is 11.9 Å². The molecule has 1 heterocycles. The number of rotatable bonds is 13. The van der Waals surface area contributed by atoms with Crippen LogP contribution in [-0.4, -0.2) is 71.0 Å². The van der Waals surface area contributed by atoms with Crippen molar-refractivity contribution in [1.82, 2.24) is 10.2 Å². The molecule has 0 aliphatic carbocycles. The molecule has 1 unspecified atom stereocenters. The molecule has 2 N–H and O–H groups in total. The SMILES string of the molecule is CC(C)[C@H](NC(=O)c1ccc2ccccc2c1)C1=NOC(C(=O)N(C)[C@@H](CC(=O)O)C(=O)COC(=O)c2c(Cl)cccc2Cl)(c2ccccc2)C1. The maximum Gasteiger partial charge on any atom is 0.341 e. The molecule has 0 spiro atoms. The topological polar surface area (TPSA) is 152 Å². The van der Waals surface area contributed by atoms with Gasteiger partial charge in [0.15, 0.2) is 12.4 Å². The number of halogens is 2. The third-order valence-corrected chi connectivity index (χ3v) is 9.33. The highest BCUT2D eigenvalue weighted by Gasteiger charge is 2.53. The molecule has 0 fully saturated rings. The number of nitrogens with one attached hydrogen (secondary N) is 1. The van der Waals surface area contributed by atoms with Crippen molar-refractivity contribution >= 4 is 69.2 Å². The van der Waals surface area contributed by atoms with Crippen molar-refractivity contribution in [3.63, 3.8) is 0 Å². The zero-order chi connectivity index (χ0) is 36.9. The molecule has 1 aliphatic heterocycles. The van der Waals surface area contributed by atoms with E-state index in [9.17, 15) is 29.1 Å². The second kappa shape index (κ2) is 15.7. The predicted octanol–water partition coefficient (Wildman–Crippen LogP) is 6.30. The molecule has 5 rings (SSSR count). The van der Waals surface area contributed by atoms with Crippen LogP contribution >= 0.6 is 23.2 Å². The van der Waals surface area contributed by atoms with Crippen molar-refractivity contribution in [2.24, 2.45) is 11.1 Å². The summed E-state index contributed by atoms with van der Waals surface area (Å²) in [6, 6.07) is 23.7. The Hall–Kier alpha value is -5.26. The fourth-order valence-corrected chi connectivity index (χ4v) is 6.52. The van der Waals surface area contributed by atoms with E-state index < -0.39 is 54.3 Å². The smallest absolute Gasteiger partial charge is 0.341 e. The molecule has 4 aromatic carbocycles. The molecule has 4 aromatic rings. The van der Waals surface area contributed by atoms with E-state index in [4.69, 9.17) is 32.8 Å². The number of fused-ring (bicyclic) bond motifs is 1. The Morgan fingerprint density at radius 1 is 0.922 bits per heavy atom. The molecule has 0 bridgehead atoms. The zero-order valence-electron chi connectivity index (χ0n) is 28.0. The number of amides is 2. The highest BCUT2D eigenvalue weighted by Crippen LogP contribution is 2.39. The number of hydrogen-bond donors (Lipinski definition) is 2. The maximum absolute atomic E-state index is 14.5. The summed E-state index contributed by atoms with van der Waals surface area (Å²) >= 11 is 12.2. The summed E-state index contributed by atoms with van der Waals surface area (Å²) in [5.41, 5.74) is -0.768. The number of carbonyl (C=O) groups is 5. The summed E-state index contributed by atoms with van der Waals surface area (Å²) in [5, 5.41) is 19.0. The molecule has 2 amide bonds. The first-order valence-electron chi connectivity index (χ1n) is 16.1. The summed E-state index contributed by atoms with van der Waals surface area (Å²) in [5.74, 6) is -4.53. The normalized spacial score (nSPS) is 16.5. The van der Waals surface area contributed by atoms with Crippen molar-refractivity contribution in [2.45, 2.75) is 44.4 Å². The van der Waals surface area contributed by atoms with E-state index in [1.165, 1.54) is 25.2 Å². The third-order valence-electron chi connectivity index (χ3n) is 8.70. The Bertz CT molecular complexity index is 2000. The van der Waals surface area contributed by atoms with Gasteiger partial charge in [0, 0.05) is 24.6 Å². The average molecular weight is 733 g/mol.